The molecule has 0 aromatic heterocycles. The summed E-state index contributed by atoms with van der Waals surface area (Å²) >= 11 is 0. The average molecular weight is 168 g/mol. The fourth-order valence-corrected chi connectivity index (χ4v) is 0.547. The van der Waals surface area contributed by atoms with Gasteiger partial charge >= 0.3 is 5.97 Å². The largest absolute Gasteiger partial charge is 0.485 e. The van der Waals surface area contributed by atoms with Gasteiger partial charge in [0.1, 0.15) is 12.4 Å². The van der Waals surface area contributed by atoms with E-state index in [1.165, 1.54) is 6.08 Å². The summed E-state index contributed by atoms with van der Waals surface area (Å²) in [5, 5.41) is 0. The van der Waals surface area contributed by atoms with E-state index in [9.17, 15) is 4.79 Å². The van der Waals surface area contributed by atoms with Gasteiger partial charge in [-0.3, -0.25) is 0 Å². The van der Waals surface area contributed by atoms with E-state index in [-0.39, 0.29) is 6.61 Å². The van der Waals surface area contributed by atoms with E-state index in [1.807, 2.05) is 0 Å². The van der Waals surface area contributed by atoms with Crippen LogP contribution in [-0.2, 0) is 14.3 Å². The Hall–Kier alpha value is -1.43. The molecule has 0 aliphatic heterocycles. The number of ether oxygens (including phenoxy) is 2. The Morgan fingerprint density at radius 3 is 2.75 bits per heavy atom. The maximum Gasteiger partial charge on any atom is 0.334 e. The van der Waals surface area contributed by atoms with Gasteiger partial charge in [0.05, 0.1) is 12.7 Å². The quantitative estimate of drug-likeness (QED) is 0.273. The summed E-state index contributed by atoms with van der Waals surface area (Å²) in [5.41, 5.74) is 0. The SMILES string of the molecule is C#CCO/C(C)=C/C(=O)OCC. The predicted octanol–water partition coefficient (Wildman–Crippen LogP) is 1.10. The minimum Gasteiger partial charge on any atom is -0.485 e. The van der Waals surface area contributed by atoms with Gasteiger partial charge in [-0.25, -0.2) is 4.79 Å². The molecule has 0 unspecified atom stereocenters. The maximum atomic E-state index is 10.8. The molecule has 66 valence electrons. The molecule has 3 heteroatoms. The molecule has 0 heterocycles. The average Bonchev–Trinajstić information content (AvgIpc) is 2.01. The van der Waals surface area contributed by atoms with Crippen LogP contribution in [0.5, 0.6) is 0 Å². The van der Waals surface area contributed by atoms with Gasteiger partial charge in [0.2, 0.25) is 0 Å². The van der Waals surface area contributed by atoms with E-state index in [2.05, 4.69) is 10.7 Å². The topological polar surface area (TPSA) is 35.5 Å². The molecule has 0 aliphatic carbocycles. The minimum atomic E-state index is -0.410. The van der Waals surface area contributed by atoms with Crippen molar-refractivity contribution in [2.75, 3.05) is 13.2 Å². The minimum absolute atomic E-state index is 0.168. The molecule has 0 aromatic rings. The third-order valence-electron chi connectivity index (χ3n) is 0.991. The van der Waals surface area contributed by atoms with Crippen molar-refractivity contribution in [2.24, 2.45) is 0 Å². The van der Waals surface area contributed by atoms with Gasteiger partial charge in [0.15, 0.2) is 0 Å². The van der Waals surface area contributed by atoms with Crippen molar-refractivity contribution in [2.45, 2.75) is 13.8 Å². The molecule has 0 bridgehead atoms. The predicted molar refractivity (Wildman–Crippen MR) is 45.2 cm³/mol. The molecule has 0 aliphatic rings. The molecule has 0 atom stereocenters. The van der Waals surface area contributed by atoms with E-state index in [1.54, 1.807) is 13.8 Å². The molecule has 0 saturated heterocycles. The number of carbonyl (C=O) groups is 1. The number of hydrogen-bond acceptors (Lipinski definition) is 3. The second-order valence-corrected chi connectivity index (χ2v) is 2.00. The molecule has 0 spiro atoms. The van der Waals surface area contributed by atoms with Gasteiger partial charge in [-0.15, -0.1) is 6.42 Å². The van der Waals surface area contributed by atoms with Crippen LogP contribution in [0.25, 0.3) is 0 Å². The Kier molecular flexibility index (Phi) is 5.54. The highest BCUT2D eigenvalue weighted by molar-refractivity contribution is 5.82. The second kappa shape index (κ2) is 6.29. The lowest BCUT2D eigenvalue weighted by Gasteiger charge is -2.01. The molecule has 3 nitrogen and oxygen atoms in total. The normalized spacial score (nSPS) is 10.2. The fourth-order valence-electron chi connectivity index (χ4n) is 0.547. The Bertz CT molecular complexity index is 210. The molecule has 12 heavy (non-hydrogen) atoms. The van der Waals surface area contributed by atoms with Crippen LogP contribution in [0.2, 0.25) is 0 Å². The summed E-state index contributed by atoms with van der Waals surface area (Å²) in [4.78, 5) is 10.8. The van der Waals surface area contributed by atoms with E-state index in [0.717, 1.165) is 0 Å². The Morgan fingerprint density at radius 2 is 2.25 bits per heavy atom. The zero-order valence-corrected chi connectivity index (χ0v) is 7.29. The highest BCUT2D eigenvalue weighted by Gasteiger charge is 1.97. The first kappa shape index (κ1) is 10.6. The Balaban J connectivity index is 3.82. The summed E-state index contributed by atoms with van der Waals surface area (Å²) in [6.07, 6.45) is 6.21. The molecular weight excluding hydrogens is 156 g/mol. The van der Waals surface area contributed by atoms with Crippen LogP contribution < -0.4 is 0 Å². The van der Waals surface area contributed by atoms with Crippen LogP contribution in [-0.4, -0.2) is 19.2 Å². The molecular formula is C9H12O3. The number of carbonyl (C=O) groups excluding carboxylic acids is 1. The van der Waals surface area contributed by atoms with Crippen LogP contribution in [0.3, 0.4) is 0 Å². The van der Waals surface area contributed by atoms with Crippen molar-refractivity contribution in [3.63, 3.8) is 0 Å². The molecule has 0 fully saturated rings. The Morgan fingerprint density at radius 1 is 1.58 bits per heavy atom. The number of terminal acetylenes is 1. The summed E-state index contributed by atoms with van der Waals surface area (Å²) < 4.78 is 9.58. The molecule has 0 amide bonds. The Labute approximate surface area is 72.4 Å². The van der Waals surface area contributed by atoms with Crippen molar-refractivity contribution in [1.82, 2.24) is 0 Å². The van der Waals surface area contributed by atoms with Crippen molar-refractivity contribution in [1.29, 1.82) is 0 Å². The van der Waals surface area contributed by atoms with E-state index >= 15 is 0 Å². The van der Waals surface area contributed by atoms with Crippen LogP contribution >= 0.6 is 0 Å². The lowest BCUT2D eigenvalue weighted by Crippen LogP contribution is -2.01. The molecule has 0 saturated carbocycles. The number of rotatable bonds is 4. The maximum absolute atomic E-state index is 10.8. The standard InChI is InChI=1S/C9H12O3/c1-4-6-12-8(3)7-9(10)11-5-2/h1,7H,5-6H2,2-3H3/b8-7+. The lowest BCUT2D eigenvalue weighted by molar-refractivity contribution is -0.137. The second-order valence-electron chi connectivity index (χ2n) is 2.00. The van der Waals surface area contributed by atoms with Crippen LogP contribution in [0, 0.1) is 12.3 Å². The van der Waals surface area contributed by atoms with Crippen molar-refractivity contribution >= 4 is 5.97 Å². The molecule has 0 radical (unpaired) electrons. The molecule has 0 N–H and O–H groups in total. The molecule has 0 aromatic carbocycles. The van der Waals surface area contributed by atoms with E-state index in [0.29, 0.717) is 12.4 Å². The molecule has 0 rings (SSSR count). The summed E-state index contributed by atoms with van der Waals surface area (Å²) in [5.74, 6) is 2.34. The highest BCUT2D eigenvalue weighted by Crippen LogP contribution is 1.95. The first-order valence-electron chi connectivity index (χ1n) is 3.62. The van der Waals surface area contributed by atoms with Gasteiger partial charge < -0.3 is 9.47 Å². The van der Waals surface area contributed by atoms with Crippen LogP contribution in [0.4, 0.5) is 0 Å². The van der Waals surface area contributed by atoms with Crippen molar-refractivity contribution in [3.8, 4) is 12.3 Å². The third-order valence-corrected chi connectivity index (χ3v) is 0.991. The summed E-state index contributed by atoms with van der Waals surface area (Å²) in [7, 11) is 0. The zero-order valence-electron chi connectivity index (χ0n) is 7.29. The van der Waals surface area contributed by atoms with Crippen LogP contribution in [0.15, 0.2) is 11.8 Å². The van der Waals surface area contributed by atoms with Gasteiger partial charge in [-0.05, 0) is 13.8 Å². The number of hydrogen-bond donors (Lipinski definition) is 0. The smallest absolute Gasteiger partial charge is 0.334 e. The van der Waals surface area contributed by atoms with Gasteiger partial charge in [-0.1, -0.05) is 5.92 Å². The van der Waals surface area contributed by atoms with E-state index < -0.39 is 5.97 Å². The van der Waals surface area contributed by atoms with Crippen molar-refractivity contribution < 1.29 is 14.3 Å². The van der Waals surface area contributed by atoms with Crippen LogP contribution in [0.1, 0.15) is 13.8 Å². The first-order valence-corrected chi connectivity index (χ1v) is 3.62. The fraction of sp³-hybridized carbons (Fsp3) is 0.444. The first-order chi connectivity index (χ1) is 5.70. The highest BCUT2D eigenvalue weighted by atomic mass is 16.5. The number of allylic oxidation sites excluding steroid dienone is 1. The van der Waals surface area contributed by atoms with Gasteiger partial charge in [0.25, 0.3) is 0 Å². The van der Waals surface area contributed by atoms with E-state index in [4.69, 9.17) is 11.2 Å². The van der Waals surface area contributed by atoms with Crippen molar-refractivity contribution in [3.05, 3.63) is 11.8 Å². The number of esters is 1. The zero-order chi connectivity index (χ0) is 9.40. The van der Waals surface area contributed by atoms with Gasteiger partial charge in [-0.2, -0.15) is 0 Å². The summed E-state index contributed by atoms with van der Waals surface area (Å²) in [6, 6.07) is 0. The third kappa shape index (κ3) is 5.36. The lowest BCUT2D eigenvalue weighted by atomic mass is 10.5. The summed E-state index contributed by atoms with van der Waals surface area (Å²) in [6.45, 7) is 3.91. The van der Waals surface area contributed by atoms with Gasteiger partial charge in [0, 0.05) is 0 Å². The monoisotopic (exact) mass is 168 g/mol.